The molecule has 1 aliphatic heterocycles. The molecule has 122 valence electrons. The highest BCUT2D eigenvalue weighted by Gasteiger charge is 2.33. The lowest BCUT2D eigenvalue weighted by Gasteiger charge is -2.15. The zero-order valence-electron chi connectivity index (χ0n) is 12.5. The first kappa shape index (κ1) is 16.9. The normalized spacial score (nSPS) is 16.1. The maximum Gasteiger partial charge on any atom is 0.285 e. The Balaban J connectivity index is 1.77. The van der Waals surface area contributed by atoms with Crippen molar-refractivity contribution in [2.45, 2.75) is 0 Å². The first-order valence-corrected chi connectivity index (χ1v) is 8.93. The van der Waals surface area contributed by atoms with Gasteiger partial charge < -0.3 is 4.57 Å². The summed E-state index contributed by atoms with van der Waals surface area (Å²) in [5.74, 6) is -0.726. The van der Waals surface area contributed by atoms with E-state index in [2.05, 4.69) is 21.4 Å². The molecule has 0 radical (unpaired) electrons. The van der Waals surface area contributed by atoms with Gasteiger partial charge in [0, 0.05) is 29.0 Å². The lowest BCUT2D eigenvalue weighted by atomic mass is 10.2. The van der Waals surface area contributed by atoms with E-state index in [4.69, 9.17) is 12.2 Å². The van der Waals surface area contributed by atoms with Gasteiger partial charge in [0.05, 0.1) is 4.91 Å². The van der Waals surface area contributed by atoms with Crippen LogP contribution in [0.15, 0.2) is 52.0 Å². The third kappa shape index (κ3) is 3.45. The van der Waals surface area contributed by atoms with Gasteiger partial charge in [0.2, 0.25) is 0 Å². The monoisotopic (exact) mass is 421 g/mol. The van der Waals surface area contributed by atoms with Crippen molar-refractivity contribution >= 4 is 62.1 Å². The van der Waals surface area contributed by atoms with Crippen LogP contribution in [0.1, 0.15) is 16.1 Å². The van der Waals surface area contributed by atoms with Crippen LogP contribution in [-0.2, 0) is 11.8 Å². The molecule has 2 amide bonds. The molecule has 1 aromatic heterocycles. The van der Waals surface area contributed by atoms with Gasteiger partial charge in [0.15, 0.2) is 4.32 Å². The number of aromatic nitrogens is 1. The van der Waals surface area contributed by atoms with Gasteiger partial charge in [-0.25, -0.2) is 0 Å². The second-order valence-corrected chi connectivity index (χ2v) is 7.60. The molecule has 2 aromatic rings. The highest BCUT2D eigenvalue weighted by atomic mass is 79.9. The van der Waals surface area contributed by atoms with Gasteiger partial charge in [-0.1, -0.05) is 27.7 Å². The molecule has 1 fully saturated rings. The number of nitrogens with one attached hydrogen (secondary N) is 1. The maximum absolute atomic E-state index is 12.5. The average Bonchev–Trinajstić information content (AvgIpc) is 3.07. The number of halogens is 1. The third-order valence-corrected chi connectivity index (χ3v) is 5.21. The van der Waals surface area contributed by atoms with E-state index in [9.17, 15) is 9.59 Å². The molecule has 0 atom stereocenters. The molecule has 5 nitrogen and oxygen atoms in total. The highest BCUT2D eigenvalue weighted by molar-refractivity contribution is 9.10. The second kappa shape index (κ2) is 6.92. The maximum atomic E-state index is 12.5. The number of rotatable bonds is 3. The number of thioether (sulfide) groups is 1. The summed E-state index contributed by atoms with van der Waals surface area (Å²) in [6, 6.07) is 10.6. The molecule has 0 unspecified atom stereocenters. The van der Waals surface area contributed by atoms with Gasteiger partial charge >= 0.3 is 0 Å². The molecule has 2 heterocycles. The Kier molecular flexibility index (Phi) is 4.88. The molecule has 1 saturated heterocycles. The van der Waals surface area contributed by atoms with Gasteiger partial charge in [-0.2, -0.15) is 5.01 Å². The lowest BCUT2D eigenvalue weighted by Crippen LogP contribution is -2.44. The summed E-state index contributed by atoms with van der Waals surface area (Å²) in [6.45, 7) is 0. The molecule has 1 N–H and O–H groups in total. The molecule has 0 spiro atoms. The van der Waals surface area contributed by atoms with Crippen LogP contribution in [0.5, 0.6) is 0 Å². The minimum atomic E-state index is -0.390. The Morgan fingerprint density at radius 1 is 1.29 bits per heavy atom. The largest absolute Gasteiger partial charge is 0.351 e. The van der Waals surface area contributed by atoms with Crippen molar-refractivity contribution in [3.05, 3.63) is 63.2 Å². The fourth-order valence-electron chi connectivity index (χ4n) is 2.09. The number of carbonyl (C=O) groups is 2. The van der Waals surface area contributed by atoms with E-state index < -0.39 is 0 Å². The smallest absolute Gasteiger partial charge is 0.285 e. The number of hydrogen-bond donors (Lipinski definition) is 1. The van der Waals surface area contributed by atoms with Gasteiger partial charge in [0.1, 0.15) is 0 Å². The van der Waals surface area contributed by atoms with Crippen LogP contribution in [0.3, 0.4) is 0 Å². The summed E-state index contributed by atoms with van der Waals surface area (Å²) >= 11 is 9.69. The van der Waals surface area contributed by atoms with Crippen LogP contribution in [0.25, 0.3) is 6.08 Å². The molecule has 3 rings (SSSR count). The van der Waals surface area contributed by atoms with Crippen LogP contribution in [0, 0.1) is 0 Å². The van der Waals surface area contributed by atoms with E-state index in [1.54, 1.807) is 30.3 Å². The van der Waals surface area contributed by atoms with Crippen molar-refractivity contribution in [2.75, 3.05) is 0 Å². The van der Waals surface area contributed by atoms with Crippen LogP contribution in [0.2, 0.25) is 0 Å². The quantitative estimate of drug-likeness (QED) is 0.609. The molecule has 0 bridgehead atoms. The third-order valence-electron chi connectivity index (χ3n) is 3.38. The lowest BCUT2D eigenvalue weighted by molar-refractivity contribution is -0.123. The minimum absolute atomic E-state index is 0.297. The number of carbonyl (C=O) groups excluding carboxylic acids is 2. The van der Waals surface area contributed by atoms with Crippen molar-refractivity contribution < 1.29 is 9.59 Å². The van der Waals surface area contributed by atoms with Crippen LogP contribution in [0.4, 0.5) is 0 Å². The average molecular weight is 422 g/mol. The topological polar surface area (TPSA) is 54.3 Å². The van der Waals surface area contributed by atoms with Gasteiger partial charge in [-0.05, 0) is 54.7 Å². The zero-order valence-corrected chi connectivity index (χ0v) is 15.7. The summed E-state index contributed by atoms with van der Waals surface area (Å²) in [7, 11) is 1.89. The molecular weight excluding hydrogens is 410 g/mol. The summed E-state index contributed by atoms with van der Waals surface area (Å²) in [6.07, 6.45) is 3.65. The van der Waals surface area contributed by atoms with Crippen LogP contribution < -0.4 is 5.43 Å². The predicted octanol–water partition coefficient (Wildman–Crippen LogP) is 3.33. The van der Waals surface area contributed by atoms with E-state index in [0.29, 0.717) is 14.8 Å². The first-order valence-electron chi connectivity index (χ1n) is 6.91. The number of amides is 2. The van der Waals surface area contributed by atoms with E-state index in [1.165, 1.54) is 0 Å². The Morgan fingerprint density at radius 2 is 2.00 bits per heavy atom. The number of thiocarbonyl (C=S) groups is 1. The number of benzene rings is 1. The summed E-state index contributed by atoms with van der Waals surface area (Å²) in [5, 5.41) is 1.11. The summed E-state index contributed by atoms with van der Waals surface area (Å²) in [4.78, 5) is 25.2. The number of hydrazine groups is 1. The molecule has 24 heavy (non-hydrogen) atoms. The van der Waals surface area contributed by atoms with Crippen LogP contribution >= 0.6 is 39.9 Å². The fourth-order valence-corrected chi connectivity index (χ4v) is 3.52. The van der Waals surface area contributed by atoms with Gasteiger partial charge in [-0.15, -0.1) is 0 Å². The SMILES string of the molecule is Cn1cccc1C=C1SC(=S)N(NC(=O)c2ccc(Br)cc2)C1=O. The van der Waals surface area contributed by atoms with E-state index in [0.717, 1.165) is 26.9 Å². The second-order valence-electron chi connectivity index (χ2n) is 5.01. The molecule has 0 saturated carbocycles. The van der Waals surface area contributed by atoms with Crippen molar-refractivity contribution in [3.8, 4) is 0 Å². The number of hydrogen-bond acceptors (Lipinski definition) is 4. The fraction of sp³-hybridized carbons (Fsp3) is 0.0625. The van der Waals surface area contributed by atoms with Crippen LogP contribution in [-0.4, -0.2) is 25.7 Å². The Morgan fingerprint density at radius 3 is 2.62 bits per heavy atom. The Hall–Kier alpha value is -1.90. The van der Waals surface area contributed by atoms with Crippen molar-refractivity contribution in [2.24, 2.45) is 7.05 Å². The Labute approximate surface area is 156 Å². The summed E-state index contributed by atoms with van der Waals surface area (Å²) < 4.78 is 3.06. The van der Waals surface area contributed by atoms with Crippen molar-refractivity contribution in [1.82, 2.24) is 15.0 Å². The van der Waals surface area contributed by atoms with Gasteiger partial charge in [-0.3, -0.25) is 15.0 Å². The standard InChI is InChI=1S/C16H12BrN3O2S2/c1-19-8-2-3-12(19)9-13-15(22)20(16(23)24-13)18-14(21)10-4-6-11(17)7-5-10/h2-9H,1H3,(H,18,21). The molecular formula is C16H12BrN3O2S2. The van der Waals surface area contributed by atoms with Crippen molar-refractivity contribution in [1.29, 1.82) is 0 Å². The minimum Gasteiger partial charge on any atom is -0.351 e. The Bertz CT molecular complexity index is 858. The number of aryl methyl sites for hydroxylation is 1. The van der Waals surface area contributed by atoms with E-state index >= 15 is 0 Å². The first-order chi connectivity index (χ1) is 11.5. The predicted molar refractivity (Wildman–Crippen MR) is 102 cm³/mol. The van der Waals surface area contributed by atoms with Crippen molar-refractivity contribution in [3.63, 3.8) is 0 Å². The molecule has 8 heteroatoms. The van der Waals surface area contributed by atoms with E-state index in [-0.39, 0.29) is 11.8 Å². The molecule has 1 aliphatic rings. The highest BCUT2D eigenvalue weighted by Crippen LogP contribution is 2.31. The van der Waals surface area contributed by atoms with E-state index in [1.807, 2.05) is 29.9 Å². The van der Waals surface area contributed by atoms with Gasteiger partial charge in [0.25, 0.3) is 11.8 Å². The molecule has 1 aromatic carbocycles. The zero-order chi connectivity index (χ0) is 17.3. The molecule has 0 aliphatic carbocycles. The summed E-state index contributed by atoms with van der Waals surface area (Å²) in [5.41, 5.74) is 3.89. The number of nitrogens with zero attached hydrogens (tertiary/aromatic N) is 2.